The van der Waals surface area contributed by atoms with Crippen LogP contribution >= 0.6 is 11.6 Å². The number of pyridine rings is 2. The molecule has 29 heavy (non-hydrogen) atoms. The number of halogens is 2. The predicted molar refractivity (Wildman–Crippen MR) is 111 cm³/mol. The molecule has 2 aromatic rings. The van der Waals surface area contributed by atoms with Crippen molar-refractivity contribution in [1.82, 2.24) is 14.9 Å². The van der Waals surface area contributed by atoms with Crippen LogP contribution in [0.1, 0.15) is 44.9 Å². The largest absolute Gasteiger partial charge is 0.444 e. The van der Waals surface area contributed by atoms with Crippen LogP contribution in [0.15, 0.2) is 6.20 Å². The molecule has 0 saturated carbocycles. The lowest BCUT2D eigenvalue weighted by atomic mass is 10.1. The van der Waals surface area contributed by atoms with E-state index < -0.39 is 11.4 Å². The molecule has 2 saturated heterocycles. The average Bonchev–Trinajstić information content (AvgIpc) is 2.89. The van der Waals surface area contributed by atoms with Gasteiger partial charge >= 0.3 is 6.09 Å². The van der Waals surface area contributed by atoms with Crippen molar-refractivity contribution in [3.05, 3.63) is 28.4 Å². The fourth-order valence-corrected chi connectivity index (χ4v) is 4.56. The van der Waals surface area contributed by atoms with Gasteiger partial charge in [-0.15, -0.1) is 0 Å². The van der Waals surface area contributed by atoms with Crippen LogP contribution in [0.2, 0.25) is 5.15 Å². The second kappa shape index (κ2) is 6.97. The quantitative estimate of drug-likeness (QED) is 0.629. The molecule has 0 N–H and O–H groups in total. The molecule has 2 unspecified atom stereocenters. The Morgan fingerprint density at radius 2 is 1.86 bits per heavy atom. The van der Waals surface area contributed by atoms with E-state index in [1.807, 2.05) is 39.5 Å². The van der Waals surface area contributed by atoms with Crippen LogP contribution in [0.4, 0.5) is 15.0 Å². The number of carbonyl (C=O) groups is 1. The number of nitrogens with zero attached hydrogens (tertiary/aromatic N) is 4. The zero-order valence-electron chi connectivity index (χ0n) is 17.4. The Bertz CT molecular complexity index is 969. The molecule has 2 fully saturated rings. The summed E-state index contributed by atoms with van der Waals surface area (Å²) in [6.07, 6.45) is 3.17. The first kappa shape index (κ1) is 20.1. The molecule has 0 aromatic carbocycles. The number of hydrogen-bond donors (Lipinski definition) is 0. The van der Waals surface area contributed by atoms with Crippen LogP contribution in [-0.4, -0.2) is 51.7 Å². The van der Waals surface area contributed by atoms with E-state index in [-0.39, 0.29) is 23.3 Å². The minimum Gasteiger partial charge on any atom is -0.444 e. The Balaban J connectivity index is 1.69. The molecule has 156 valence electrons. The number of aryl methyl sites for hydroxylation is 2. The molecule has 2 bridgehead atoms. The lowest BCUT2D eigenvalue weighted by Crippen LogP contribution is -2.57. The van der Waals surface area contributed by atoms with Gasteiger partial charge in [-0.3, -0.25) is 4.90 Å². The van der Waals surface area contributed by atoms with E-state index >= 15 is 0 Å². The molecule has 2 aliphatic rings. The Morgan fingerprint density at radius 3 is 2.45 bits per heavy atom. The van der Waals surface area contributed by atoms with Gasteiger partial charge < -0.3 is 9.64 Å². The lowest BCUT2D eigenvalue weighted by Gasteiger charge is -2.42. The standard InChI is InChI=1S/C21H26ClFN4O2/c1-11-12(2)25-19(15-8-24-18(22)17(23)16(11)15)26-9-13-6-7-14(10-26)27(13)20(28)29-21(3,4)5/h8,13-14H,6-7,9-10H2,1-5H3. The Labute approximate surface area is 175 Å². The number of carbonyl (C=O) groups excluding carboxylic acids is 1. The van der Waals surface area contributed by atoms with E-state index in [4.69, 9.17) is 21.3 Å². The molecule has 8 heteroatoms. The summed E-state index contributed by atoms with van der Waals surface area (Å²) in [7, 11) is 0. The van der Waals surface area contributed by atoms with Crippen molar-refractivity contribution in [2.75, 3.05) is 18.0 Å². The van der Waals surface area contributed by atoms with Gasteiger partial charge in [-0.05, 0) is 53.0 Å². The highest BCUT2D eigenvalue weighted by Gasteiger charge is 2.45. The van der Waals surface area contributed by atoms with Gasteiger partial charge in [0.05, 0.1) is 12.1 Å². The molecule has 4 rings (SSSR count). The molecular formula is C21H26ClFN4O2. The third-order valence-electron chi connectivity index (χ3n) is 5.80. The highest BCUT2D eigenvalue weighted by Crippen LogP contribution is 2.37. The maximum absolute atomic E-state index is 14.8. The molecular weight excluding hydrogens is 395 g/mol. The van der Waals surface area contributed by atoms with Crippen molar-refractivity contribution in [1.29, 1.82) is 0 Å². The number of rotatable bonds is 1. The fraction of sp³-hybridized carbons (Fsp3) is 0.571. The summed E-state index contributed by atoms with van der Waals surface area (Å²) in [4.78, 5) is 25.5. The monoisotopic (exact) mass is 420 g/mol. The summed E-state index contributed by atoms with van der Waals surface area (Å²) < 4.78 is 20.4. The SMILES string of the molecule is Cc1nc(N2CC3CCC(C2)N3C(=O)OC(C)(C)C)c2cnc(Cl)c(F)c2c1C. The van der Waals surface area contributed by atoms with Crippen LogP contribution in [-0.2, 0) is 4.74 Å². The van der Waals surface area contributed by atoms with Crippen LogP contribution in [0.3, 0.4) is 0 Å². The van der Waals surface area contributed by atoms with Crippen molar-refractivity contribution in [2.45, 2.75) is 65.1 Å². The maximum Gasteiger partial charge on any atom is 0.410 e. The van der Waals surface area contributed by atoms with Gasteiger partial charge in [0.1, 0.15) is 11.4 Å². The summed E-state index contributed by atoms with van der Waals surface area (Å²) in [6.45, 7) is 10.6. The van der Waals surface area contributed by atoms with Crippen molar-refractivity contribution < 1.29 is 13.9 Å². The van der Waals surface area contributed by atoms with Crippen LogP contribution in [0, 0.1) is 19.7 Å². The molecule has 1 amide bonds. The van der Waals surface area contributed by atoms with Crippen LogP contribution in [0.25, 0.3) is 10.8 Å². The number of piperazine rings is 1. The summed E-state index contributed by atoms with van der Waals surface area (Å²) in [6, 6.07) is 0.0966. The molecule has 6 nitrogen and oxygen atoms in total. The van der Waals surface area contributed by atoms with Gasteiger partial charge in [0.2, 0.25) is 0 Å². The Hall–Kier alpha value is -2.15. The van der Waals surface area contributed by atoms with E-state index in [1.54, 1.807) is 6.20 Å². The third kappa shape index (κ3) is 3.50. The number of fused-ring (bicyclic) bond motifs is 3. The highest BCUT2D eigenvalue weighted by atomic mass is 35.5. The van der Waals surface area contributed by atoms with Crippen LogP contribution in [0.5, 0.6) is 0 Å². The highest BCUT2D eigenvalue weighted by molar-refractivity contribution is 6.30. The average molecular weight is 421 g/mol. The Kier molecular flexibility index (Phi) is 4.84. The molecule has 4 heterocycles. The molecule has 2 aliphatic heterocycles. The van der Waals surface area contributed by atoms with Crippen LogP contribution < -0.4 is 4.90 Å². The topological polar surface area (TPSA) is 58.6 Å². The first-order valence-corrected chi connectivity index (χ1v) is 10.3. The zero-order chi connectivity index (χ0) is 21.1. The molecule has 0 aliphatic carbocycles. The maximum atomic E-state index is 14.8. The first-order valence-electron chi connectivity index (χ1n) is 9.94. The third-order valence-corrected chi connectivity index (χ3v) is 6.06. The molecule has 2 atom stereocenters. The normalized spacial score (nSPS) is 21.8. The number of hydrogen-bond acceptors (Lipinski definition) is 5. The number of anilines is 1. The second-order valence-corrected chi connectivity index (χ2v) is 9.33. The van der Waals surface area contributed by atoms with E-state index in [0.29, 0.717) is 29.7 Å². The molecule has 2 aromatic heterocycles. The first-order chi connectivity index (χ1) is 13.6. The number of aromatic nitrogens is 2. The van der Waals surface area contributed by atoms with Gasteiger partial charge in [-0.1, -0.05) is 11.6 Å². The van der Waals surface area contributed by atoms with Gasteiger partial charge in [-0.25, -0.2) is 19.2 Å². The van der Waals surface area contributed by atoms with Gasteiger partial charge in [0.25, 0.3) is 0 Å². The zero-order valence-corrected chi connectivity index (χ0v) is 18.2. The van der Waals surface area contributed by atoms with Gasteiger partial charge in [-0.2, -0.15) is 0 Å². The van der Waals surface area contributed by atoms with Crippen molar-refractivity contribution in [3.63, 3.8) is 0 Å². The van der Waals surface area contributed by atoms with Crippen molar-refractivity contribution in [3.8, 4) is 0 Å². The second-order valence-electron chi connectivity index (χ2n) is 8.98. The minimum absolute atomic E-state index is 0.0483. The van der Waals surface area contributed by atoms with E-state index in [0.717, 1.165) is 24.1 Å². The molecule has 0 radical (unpaired) electrons. The van der Waals surface area contributed by atoms with E-state index in [9.17, 15) is 9.18 Å². The Morgan fingerprint density at radius 1 is 1.24 bits per heavy atom. The lowest BCUT2D eigenvalue weighted by molar-refractivity contribution is 0.0123. The van der Waals surface area contributed by atoms with Crippen molar-refractivity contribution >= 4 is 34.3 Å². The predicted octanol–water partition coefficient (Wildman–Crippen LogP) is 4.63. The van der Waals surface area contributed by atoms with E-state index in [1.165, 1.54) is 0 Å². The number of amides is 1. The van der Waals surface area contributed by atoms with Gasteiger partial charge in [0, 0.05) is 35.8 Å². The minimum atomic E-state index is -0.526. The molecule has 0 spiro atoms. The number of ether oxygens (including phenoxy) is 1. The fourth-order valence-electron chi connectivity index (χ4n) is 4.41. The van der Waals surface area contributed by atoms with E-state index in [2.05, 4.69) is 9.88 Å². The summed E-state index contributed by atoms with van der Waals surface area (Å²) in [5.74, 6) is 0.190. The van der Waals surface area contributed by atoms with Gasteiger partial charge in [0.15, 0.2) is 11.0 Å². The summed E-state index contributed by atoms with van der Waals surface area (Å²) >= 11 is 5.93. The summed E-state index contributed by atoms with van der Waals surface area (Å²) in [5.41, 5.74) is 0.999. The smallest absolute Gasteiger partial charge is 0.410 e. The van der Waals surface area contributed by atoms with Crippen molar-refractivity contribution in [2.24, 2.45) is 0 Å². The summed E-state index contributed by atoms with van der Waals surface area (Å²) in [5, 5.41) is 0.988.